The summed E-state index contributed by atoms with van der Waals surface area (Å²) >= 11 is 0. The summed E-state index contributed by atoms with van der Waals surface area (Å²) in [7, 11) is 0. The van der Waals surface area contributed by atoms with Gasteiger partial charge in [-0.15, -0.1) is 34.9 Å². The summed E-state index contributed by atoms with van der Waals surface area (Å²) < 4.78 is 0. The molecule has 1 N–H and O–H groups in total. The Morgan fingerprint density at radius 1 is 0.900 bits per heavy atom. The van der Waals surface area contributed by atoms with Crippen molar-refractivity contribution < 1.29 is 30.0 Å². The SMILES string of the molecule is CC(C)(C)C(=O)/C=C(\O)C(C)(C)C.Cc1[c-]c(-c2cc3cc(C4CCCC4)ccc3cn2)cc(C(C)(C)C)c1.[Ir]. The number of pyridine rings is 1. The number of allylic oxidation sites excluding steroid dienone is 2. The van der Waals surface area contributed by atoms with Gasteiger partial charge in [-0.2, -0.15) is 0 Å². The Bertz CT molecular complexity index is 1340. The Morgan fingerprint density at radius 3 is 2.08 bits per heavy atom. The first-order valence-corrected chi connectivity index (χ1v) is 14.4. The molecule has 2 aromatic carbocycles. The predicted octanol–water partition coefficient (Wildman–Crippen LogP) is 10.1. The standard InChI is InChI=1S/C25H28N.C11H20O2.Ir/c1-17-11-22(14-23(12-17)25(2,3)4)24-15-21-13-19(18-7-5-6-8-18)9-10-20(21)16-26-24;1-10(2,3)8(12)7-9(13)11(4,5)6;/h9-10,12-16,18H,5-8H2,1-4H3;7,12H,1-6H3;/q-1;;/b;8-7-;. The van der Waals surface area contributed by atoms with Crippen molar-refractivity contribution in [2.24, 2.45) is 10.8 Å². The number of aromatic nitrogens is 1. The number of hydrogen-bond donors (Lipinski definition) is 1. The molecular weight excluding hydrogens is 671 g/mol. The maximum Gasteiger partial charge on any atom is 0.164 e. The van der Waals surface area contributed by atoms with Crippen molar-refractivity contribution in [3.63, 3.8) is 0 Å². The van der Waals surface area contributed by atoms with Gasteiger partial charge in [-0.05, 0) is 46.2 Å². The molecule has 0 saturated heterocycles. The minimum Gasteiger partial charge on any atom is -0.512 e. The number of aryl methyl sites for hydroxylation is 1. The first-order chi connectivity index (χ1) is 17.9. The number of fused-ring (bicyclic) bond motifs is 1. The number of hydrogen-bond acceptors (Lipinski definition) is 3. The zero-order valence-corrected chi connectivity index (χ0v) is 28.6. The van der Waals surface area contributed by atoms with Crippen LogP contribution in [0.2, 0.25) is 0 Å². The Labute approximate surface area is 256 Å². The van der Waals surface area contributed by atoms with Gasteiger partial charge >= 0.3 is 0 Å². The smallest absolute Gasteiger partial charge is 0.164 e. The first-order valence-electron chi connectivity index (χ1n) is 14.4. The molecule has 3 aromatic rings. The number of carbonyl (C=O) groups is 1. The molecule has 1 saturated carbocycles. The maximum absolute atomic E-state index is 11.5. The van der Waals surface area contributed by atoms with E-state index in [4.69, 9.17) is 4.98 Å². The normalized spacial score (nSPS) is 14.9. The molecule has 3 nitrogen and oxygen atoms in total. The molecule has 1 heterocycles. The fourth-order valence-electron chi connectivity index (χ4n) is 4.66. The molecule has 4 rings (SSSR count). The van der Waals surface area contributed by atoms with E-state index in [0.29, 0.717) is 0 Å². The summed E-state index contributed by atoms with van der Waals surface area (Å²) in [5.41, 5.74) is 5.50. The quantitative estimate of drug-likeness (QED) is 0.167. The van der Waals surface area contributed by atoms with Crippen molar-refractivity contribution in [2.45, 2.75) is 106 Å². The van der Waals surface area contributed by atoms with Gasteiger partial charge in [0.2, 0.25) is 0 Å². The Kier molecular flexibility index (Phi) is 11.1. The van der Waals surface area contributed by atoms with Gasteiger partial charge in [-0.1, -0.05) is 106 Å². The number of rotatable bonds is 3. The Balaban J connectivity index is 0.000000344. The van der Waals surface area contributed by atoms with E-state index in [-0.39, 0.29) is 42.5 Å². The summed E-state index contributed by atoms with van der Waals surface area (Å²) in [6, 6.07) is 17.2. The second kappa shape index (κ2) is 13.1. The molecule has 0 aliphatic heterocycles. The fourth-order valence-corrected chi connectivity index (χ4v) is 4.66. The van der Waals surface area contributed by atoms with E-state index in [1.807, 2.05) is 47.7 Å². The maximum atomic E-state index is 11.5. The molecular formula is C36H48IrNO2-. The van der Waals surface area contributed by atoms with Gasteiger partial charge in [0.1, 0.15) is 5.76 Å². The molecule has 1 radical (unpaired) electrons. The van der Waals surface area contributed by atoms with E-state index < -0.39 is 5.41 Å². The largest absolute Gasteiger partial charge is 0.512 e. The van der Waals surface area contributed by atoms with Crippen LogP contribution in [0, 0.1) is 23.8 Å². The minimum absolute atomic E-state index is 0. The molecule has 0 atom stereocenters. The average Bonchev–Trinajstić information content (AvgIpc) is 3.37. The zero-order valence-electron chi connectivity index (χ0n) is 26.2. The predicted molar refractivity (Wildman–Crippen MR) is 165 cm³/mol. The van der Waals surface area contributed by atoms with Crippen LogP contribution >= 0.6 is 0 Å². The van der Waals surface area contributed by atoms with Crippen LogP contribution in [-0.4, -0.2) is 15.9 Å². The molecule has 0 amide bonds. The van der Waals surface area contributed by atoms with Crippen LogP contribution in [0.25, 0.3) is 22.0 Å². The molecule has 0 bridgehead atoms. The summed E-state index contributed by atoms with van der Waals surface area (Å²) in [6.07, 6.45) is 8.76. The molecule has 0 spiro atoms. The number of nitrogens with zero attached hydrogens (tertiary/aromatic N) is 1. The van der Waals surface area contributed by atoms with Crippen molar-refractivity contribution in [1.29, 1.82) is 0 Å². The number of benzene rings is 2. The summed E-state index contributed by atoms with van der Waals surface area (Å²) in [5.74, 6) is 0.849. The van der Waals surface area contributed by atoms with Gasteiger partial charge in [0, 0.05) is 43.2 Å². The average molecular weight is 719 g/mol. The third-order valence-electron chi connectivity index (χ3n) is 7.49. The monoisotopic (exact) mass is 719 g/mol. The zero-order chi connectivity index (χ0) is 29.2. The van der Waals surface area contributed by atoms with Gasteiger partial charge in [-0.3, -0.25) is 4.79 Å². The molecule has 219 valence electrons. The number of carbonyl (C=O) groups excluding carboxylic acids is 1. The number of ketones is 1. The molecule has 1 fully saturated rings. The van der Waals surface area contributed by atoms with Crippen molar-refractivity contribution in [2.75, 3.05) is 0 Å². The van der Waals surface area contributed by atoms with E-state index >= 15 is 0 Å². The molecule has 40 heavy (non-hydrogen) atoms. The Hall–Kier alpha value is -2.29. The van der Waals surface area contributed by atoms with Crippen molar-refractivity contribution >= 4 is 16.6 Å². The van der Waals surface area contributed by atoms with Crippen molar-refractivity contribution in [1.82, 2.24) is 4.98 Å². The number of aliphatic hydroxyl groups is 1. The molecule has 1 aliphatic rings. The van der Waals surface area contributed by atoms with Crippen LogP contribution in [0.5, 0.6) is 0 Å². The van der Waals surface area contributed by atoms with E-state index in [1.165, 1.54) is 59.2 Å². The van der Waals surface area contributed by atoms with Crippen molar-refractivity contribution in [3.8, 4) is 11.3 Å². The van der Waals surface area contributed by atoms with E-state index in [0.717, 1.165) is 17.2 Å². The molecule has 0 unspecified atom stereocenters. The summed E-state index contributed by atoms with van der Waals surface area (Å²) in [4.78, 5) is 16.2. The van der Waals surface area contributed by atoms with Gasteiger partial charge in [0.05, 0.1) is 0 Å². The first kappa shape index (κ1) is 33.9. The van der Waals surface area contributed by atoms with Gasteiger partial charge in [0.15, 0.2) is 5.78 Å². The van der Waals surface area contributed by atoms with Crippen LogP contribution < -0.4 is 0 Å². The van der Waals surface area contributed by atoms with Crippen LogP contribution in [0.4, 0.5) is 0 Å². The van der Waals surface area contributed by atoms with E-state index in [9.17, 15) is 9.90 Å². The third-order valence-corrected chi connectivity index (χ3v) is 7.49. The number of aliphatic hydroxyl groups excluding tert-OH is 1. The van der Waals surface area contributed by atoms with Crippen molar-refractivity contribution in [3.05, 3.63) is 77.2 Å². The van der Waals surface area contributed by atoms with Gasteiger partial charge in [-0.25, -0.2) is 0 Å². The van der Waals surface area contributed by atoms with Crippen LogP contribution in [0.15, 0.2) is 54.4 Å². The van der Waals surface area contributed by atoms with Crippen LogP contribution in [0.1, 0.15) is 111 Å². The molecule has 4 heteroatoms. The minimum atomic E-state index is -0.417. The van der Waals surface area contributed by atoms with Crippen LogP contribution in [-0.2, 0) is 30.3 Å². The van der Waals surface area contributed by atoms with Crippen LogP contribution in [0.3, 0.4) is 0 Å². The van der Waals surface area contributed by atoms with E-state index in [1.54, 1.807) is 0 Å². The topological polar surface area (TPSA) is 50.2 Å². The van der Waals surface area contributed by atoms with Gasteiger partial charge in [0.25, 0.3) is 0 Å². The second-order valence-corrected chi connectivity index (χ2v) is 14.3. The summed E-state index contributed by atoms with van der Waals surface area (Å²) in [6.45, 7) is 20.0. The second-order valence-electron chi connectivity index (χ2n) is 14.3. The Morgan fingerprint density at radius 2 is 1.52 bits per heavy atom. The van der Waals surface area contributed by atoms with E-state index in [2.05, 4.69) is 70.2 Å². The van der Waals surface area contributed by atoms with Gasteiger partial charge < -0.3 is 10.1 Å². The fraction of sp³-hybridized carbons (Fsp3) is 0.500. The molecule has 1 aromatic heterocycles. The summed E-state index contributed by atoms with van der Waals surface area (Å²) in [5, 5.41) is 12.1. The molecule has 1 aliphatic carbocycles. The third kappa shape index (κ3) is 9.11.